The van der Waals surface area contributed by atoms with Crippen LogP contribution in [0.2, 0.25) is 0 Å². The van der Waals surface area contributed by atoms with Crippen LogP contribution in [0.3, 0.4) is 0 Å². The summed E-state index contributed by atoms with van der Waals surface area (Å²) in [6.45, 7) is 4.03. The SMILES string of the molecule is Nc1cc2c(cc1CN1CC3CCC(O)C3C1)OCCO2. The van der Waals surface area contributed by atoms with E-state index in [2.05, 4.69) is 4.90 Å². The molecule has 0 amide bonds. The predicted molar refractivity (Wildman–Crippen MR) is 79.3 cm³/mol. The Kier molecular flexibility index (Phi) is 3.19. The second-order valence-corrected chi connectivity index (χ2v) is 6.46. The summed E-state index contributed by atoms with van der Waals surface area (Å²) in [4.78, 5) is 2.40. The molecule has 0 aromatic heterocycles. The van der Waals surface area contributed by atoms with Crippen molar-refractivity contribution in [1.29, 1.82) is 0 Å². The average Bonchev–Trinajstić information content (AvgIpc) is 3.02. The molecule has 5 heteroatoms. The molecular formula is C16H22N2O3. The first kappa shape index (κ1) is 13.2. The minimum Gasteiger partial charge on any atom is -0.486 e. The lowest BCUT2D eigenvalue weighted by atomic mass is 10.00. The van der Waals surface area contributed by atoms with Gasteiger partial charge in [0.2, 0.25) is 0 Å². The van der Waals surface area contributed by atoms with Crippen molar-refractivity contribution in [2.75, 3.05) is 32.0 Å². The van der Waals surface area contributed by atoms with Crippen molar-refractivity contribution >= 4 is 5.69 Å². The number of hydrogen-bond acceptors (Lipinski definition) is 5. The molecule has 2 heterocycles. The summed E-state index contributed by atoms with van der Waals surface area (Å²) in [5.41, 5.74) is 8.01. The summed E-state index contributed by atoms with van der Waals surface area (Å²) < 4.78 is 11.2. The Morgan fingerprint density at radius 1 is 1.14 bits per heavy atom. The molecule has 1 saturated heterocycles. The van der Waals surface area contributed by atoms with Crippen molar-refractivity contribution in [3.05, 3.63) is 17.7 Å². The van der Waals surface area contributed by atoms with E-state index in [0.717, 1.165) is 55.2 Å². The van der Waals surface area contributed by atoms with Gasteiger partial charge in [0.25, 0.3) is 0 Å². The monoisotopic (exact) mass is 290 g/mol. The number of hydrogen-bond donors (Lipinski definition) is 2. The average molecular weight is 290 g/mol. The van der Waals surface area contributed by atoms with Crippen LogP contribution in [0.15, 0.2) is 12.1 Å². The Morgan fingerprint density at radius 2 is 1.90 bits per heavy atom. The molecule has 1 aromatic rings. The minimum absolute atomic E-state index is 0.113. The molecule has 3 N–H and O–H groups in total. The van der Waals surface area contributed by atoms with Gasteiger partial charge in [0.05, 0.1) is 6.10 Å². The lowest BCUT2D eigenvalue weighted by Crippen LogP contribution is -2.25. The summed E-state index contributed by atoms with van der Waals surface area (Å²) in [5, 5.41) is 10.0. The molecule has 4 rings (SSSR count). The number of nitrogens with zero attached hydrogens (tertiary/aromatic N) is 1. The van der Waals surface area contributed by atoms with Crippen LogP contribution in [-0.4, -0.2) is 42.4 Å². The summed E-state index contributed by atoms with van der Waals surface area (Å²) in [5.74, 6) is 2.64. The second kappa shape index (κ2) is 5.07. The first-order valence-corrected chi connectivity index (χ1v) is 7.79. The fraction of sp³-hybridized carbons (Fsp3) is 0.625. The van der Waals surface area contributed by atoms with Crippen molar-refractivity contribution in [2.45, 2.75) is 25.5 Å². The first-order valence-electron chi connectivity index (χ1n) is 7.79. The summed E-state index contributed by atoms with van der Waals surface area (Å²) in [6.07, 6.45) is 2.01. The third-order valence-corrected chi connectivity index (χ3v) is 5.09. The third-order valence-electron chi connectivity index (χ3n) is 5.09. The molecule has 3 unspecified atom stereocenters. The van der Waals surface area contributed by atoms with Crippen LogP contribution in [0.25, 0.3) is 0 Å². The van der Waals surface area contributed by atoms with Crippen molar-refractivity contribution in [3.8, 4) is 11.5 Å². The number of anilines is 1. The van der Waals surface area contributed by atoms with Crippen LogP contribution >= 0.6 is 0 Å². The van der Waals surface area contributed by atoms with Gasteiger partial charge in [0.1, 0.15) is 13.2 Å². The number of benzene rings is 1. The lowest BCUT2D eigenvalue weighted by molar-refractivity contribution is 0.123. The van der Waals surface area contributed by atoms with Gasteiger partial charge in [-0.1, -0.05) is 0 Å². The van der Waals surface area contributed by atoms with Crippen molar-refractivity contribution in [3.63, 3.8) is 0 Å². The first-order chi connectivity index (χ1) is 10.2. The van der Waals surface area contributed by atoms with Gasteiger partial charge in [-0.3, -0.25) is 4.90 Å². The molecule has 0 radical (unpaired) electrons. The van der Waals surface area contributed by atoms with Crippen LogP contribution in [0, 0.1) is 11.8 Å². The molecule has 1 aromatic carbocycles. The van der Waals surface area contributed by atoms with E-state index in [1.54, 1.807) is 0 Å². The fourth-order valence-electron chi connectivity index (χ4n) is 3.98. The highest BCUT2D eigenvalue weighted by atomic mass is 16.6. The molecule has 5 nitrogen and oxygen atoms in total. The van der Waals surface area contributed by atoms with Gasteiger partial charge in [-0.15, -0.1) is 0 Å². The Hall–Kier alpha value is -1.46. The molecule has 2 aliphatic heterocycles. The van der Waals surface area contributed by atoms with Crippen LogP contribution in [0.1, 0.15) is 18.4 Å². The predicted octanol–water partition coefficient (Wildman–Crippen LogP) is 1.24. The molecule has 3 atom stereocenters. The van der Waals surface area contributed by atoms with E-state index in [1.165, 1.54) is 0 Å². The van der Waals surface area contributed by atoms with Crippen LogP contribution in [0.5, 0.6) is 11.5 Å². The maximum atomic E-state index is 10.0. The Labute approximate surface area is 124 Å². The molecule has 1 saturated carbocycles. The number of rotatable bonds is 2. The van der Waals surface area contributed by atoms with Crippen molar-refractivity contribution in [1.82, 2.24) is 4.90 Å². The van der Waals surface area contributed by atoms with Gasteiger partial charge in [-0.2, -0.15) is 0 Å². The molecule has 1 aliphatic carbocycles. The number of nitrogens with two attached hydrogens (primary N) is 1. The van der Waals surface area contributed by atoms with E-state index in [9.17, 15) is 5.11 Å². The van der Waals surface area contributed by atoms with Crippen molar-refractivity contribution in [2.24, 2.45) is 11.8 Å². The number of aliphatic hydroxyl groups is 1. The summed E-state index contributed by atoms with van der Waals surface area (Å²) >= 11 is 0. The zero-order valence-corrected chi connectivity index (χ0v) is 12.1. The highest BCUT2D eigenvalue weighted by molar-refractivity contribution is 5.58. The van der Waals surface area contributed by atoms with Crippen LogP contribution in [0.4, 0.5) is 5.69 Å². The molecule has 3 aliphatic rings. The lowest BCUT2D eigenvalue weighted by Gasteiger charge is -2.23. The van der Waals surface area contributed by atoms with Gasteiger partial charge < -0.3 is 20.3 Å². The molecule has 2 fully saturated rings. The summed E-state index contributed by atoms with van der Waals surface area (Å²) in [7, 11) is 0. The van der Waals surface area contributed by atoms with E-state index < -0.39 is 0 Å². The van der Waals surface area contributed by atoms with Crippen LogP contribution < -0.4 is 15.2 Å². The van der Waals surface area contributed by atoms with E-state index in [0.29, 0.717) is 25.0 Å². The van der Waals surface area contributed by atoms with E-state index in [4.69, 9.17) is 15.2 Å². The van der Waals surface area contributed by atoms with Gasteiger partial charge in [-0.25, -0.2) is 0 Å². The summed E-state index contributed by atoms with van der Waals surface area (Å²) in [6, 6.07) is 3.88. The maximum Gasteiger partial charge on any atom is 0.163 e. The number of aliphatic hydroxyl groups excluding tert-OH is 1. The van der Waals surface area contributed by atoms with Crippen LogP contribution in [-0.2, 0) is 6.54 Å². The number of fused-ring (bicyclic) bond motifs is 2. The Morgan fingerprint density at radius 3 is 2.67 bits per heavy atom. The van der Waals surface area contributed by atoms with E-state index in [1.807, 2.05) is 12.1 Å². The topological polar surface area (TPSA) is 68.0 Å². The zero-order chi connectivity index (χ0) is 14.4. The minimum atomic E-state index is -0.113. The highest BCUT2D eigenvalue weighted by Gasteiger charge is 2.41. The fourth-order valence-corrected chi connectivity index (χ4v) is 3.98. The quantitative estimate of drug-likeness (QED) is 0.802. The van der Waals surface area contributed by atoms with Gasteiger partial charge >= 0.3 is 0 Å². The smallest absolute Gasteiger partial charge is 0.163 e. The standard InChI is InChI=1S/C16H22N2O3/c17-13-6-16-15(20-3-4-21-16)5-11(13)8-18-7-10-1-2-14(19)12(10)9-18/h5-6,10,12,14,19H,1-4,7-9,17H2. The van der Waals surface area contributed by atoms with Gasteiger partial charge in [0.15, 0.2) is 11.5 Å². The molecule has 21 heavy (non-hydrogen) atoms. The highest BCUT2D eigenvalue weighted by Crippen LogP contribution is 2.40. The molecular weight excluding hydrogens is 268 g/mol. The largest absolute Gasteiger partial charge is 0.486 e. The van der Waals surface area contributed by atoms with Gasteiger partial charge in [0, 0.05) is 37.3 Å². The van der Waals surface area contributed by atoms with Crippen molar-refractivity contribution < 1.29 is 14.6 Å². The molecule has 0 bridgehead atoms. The van der Waals surface area contributed by atoms with Gasteiger partial charge in [-0.05, 0) is 30.4 Å². The Bertz CT molecular complexity index is 549. The molecule has 114 valence electrons. The maximum absolute atomic E-state index is 10.0. The normalized spacial score (nSPS) is 31.4. The molecule has 0 spiro atoms. The number of likely N-dealkylation sites (tertiary alicyclic amines) is 1. The number of ether oxygens (including phenoxy) is 2. The van der Waals surface area contributed by atoms with E-state index >= 15 is 0 Å². The Balaban J connectivity index is 1.50. The second-order valence-electron chi connectivity index (χ2n) is 6.46. The third kappa shape index (κ3) is 2.34. The zero-order valence-electron chi connectivity index (χ0n) is 12.1. The number of nitrogen functional groups attached to an aromatic ring is 1. The van der Waals surface area contributed by atoms with E-state index in [-0.39, 0.29) is 6.10 Å².